The van der Waals surface area contributed by atoms with Crippen LogP contribution in [0.4, 0.5) is 5.69 Å². The van der Waals surface area contributed by atoms with E-state index in [0.717, 1.165) is 16.8 Å². The SMILES string of the molecule is O=C(CSc1nc2cc(Cl)ccc2o1)Nc1ccc(-c2ccccc2)cc1. The number of halogens is 1. The topological polar surface area (TPSA) is 55.1 Å². The van der Waals surface area contributed by atoms with Crippen molar-refractivity contribution in [1.82, 2.24) is 4.98 Å². The predicted molar refractivity (Wildman–Crippen MR) is 110 cm³/mol. The average molecular weight is 395 g/mol. The highest BCUT2D eigenvalue weighted by Crippen LogP contribution is 2.26. The molecule has 0 aliphatic carbocycles. The molecular formula is C21H15ClN2O2S. The first kappa shape index (κ1) is 17.6. The highest BCUT2D eigenvalue weighted by atomic mass is 35.5. The Labute approximate surface area is 165 Å². The molecule has 27 heavy (non-hydrogen) atoms. The number of aromatic nitrogens is 1. The van der Waals surface area contributed by atoms with Crippen LogP contribution in [0.25, 0.3) is 22.2 Å². The molecule has 1 N–H and O–H groups in total. The van der Waals surface area contributed by atoms with Crippen LogP contribution in [0.5, 0.6) is 0 Å². The first-order valence-corrected chi connectivity index (χ1v) is 9.68. The Balaban J connectivity index is 1.36. The second-order valence-corrected chi connectivity index (χ2v) is 7.24. The number of hydrogen-bond acceptors (Lipinski definition) is 4. The van der Waals surface area contributed by atoms with Gasteiger partial charge < -0.3 is 9.73 Å². The molecule has 0 spiro atoms. The summed E-state index contributed by atoms with van der Waals surface area (Å²) in [5.41, 5.74) is 4.33. The van der Waals surface area contributed by atoms with Crippen molar-refractivity contribution < 1.29 is 9.21 Å². The highest BCUT2D eigenvalue weighted by Gasteiger charge is 2.10. The smallest absolute Gasteiger partial charge is 0.257 e. The molecule has 0 unspecified atom stereocenters. The molecule has 3 aromatic carbocycles. The van der Waals surface area contributed by atoms with Crippen molar-refractivity contribution in [2.75, 3.05) is 11.1 Å². The molecule has 134 valence electrons. The van der Waals surface area contributed by atoms with Gasteiger partial charge in [-0.25, -0.2) is 4.98 Å². The second kappa shape index (κ2) is 7.86. The van der Waals surface area contributed by atoms with E-state index < -0.39 is 0 Å². The number of rotatable bonds is 5. The molecule has 1 heterocycles. The van der Waals surface area contributed by atoms with Gasteiger partial charge in [-0.1, -0.05) is 65.8 Å². The highest BCUT2D eigenvalue weighted by molar-refractivity contribution is 7.99. The molecule has 4 nitrogen and oxygen atoms in total. The molecule has 1 amide bonds. The van der Waals surface area contributed by atoms with Gasteiger partial charge in [0.05, 0.1) is 5.75 Å². The molecule has 0 fully saturated rings. The molecule has 0 aliphatic heterocycles. The summed E-state index contributed by atoms with van der Waals surface area (Å²) in [6, 6.07) is 23.1. The van der Waals surface area contributed by atoms with Crippen LogP contribution in [0.3, 0.4) is 0 Å². The van der Waals surface area contributed by atoms with E-state index in [1.807, 2.05) is 42.5 Å². The van der Waals surface area contributed by atoms with E-state index in [1.54, 1.807) is 18.2 Å². The summed E-state index contributed by atoms with van der Waals surface area (Å²) in [5.74, 6) is 0.0915. The van der Waals surface area contributed by atoms with Crippen LogP contribution in [0.1, 0.15) is 0 Å². The molecule has 0 saturated heterocycles. The third kappa shape index (κ3) is 4.32. The number of fused-ring (bicyclic) bond motifs is 1. The Bertz CT molecular complexity index is 1080. The Morgan fingerprint density at radius 3 is 2.52 bits per heavy atom. The maximum Gasteiger partial charge on any atom is 0.257 e. The number of carbonyl (C=O) groups is 1. The van der Waals surface area contributed by atoms with Crippen LogP contribution >= 0.6 is 23.4 Å². The zero-order valence-electron chi connectivity index (χ0n) is 14.2. The van der Waals surface area contributed by atoms with Crippen LogP contribution in [-0.2, 0) is 4.79 Å². The second-order valence-electron chi connectivity index (χ2n) is 5.87. The summed E-state index contributed by atoms with van der Waals surface area (Å²) in [6.45, 7) is 0. The molecule has 1 aromatic heterocycles. The summed E-state index contributed by atoms with van der Waals surface area (Å²) < 4.78 is 5.60. The Morgan fingerprint density at radius 1 is 1.00 bits per heavy atom. The van der Waals surface area contributed by atoms with Crippen molar-refractivity contribution in [2.45, 2.75) is 5.22 Å². The molecule has 0 aliphatic rings. The van der Waals surface area contributed by atoms with Crippen LogP contribution < -0.4 is 5.32 Å². The largest absolute Gasteiger partial charge is 0.431 e. The van der Waals surface area contributed by atoms with Gasteiger partial charge in [-0.3, -0.25) is 4.79 Å². The zero-order chi connectivity index (χ0) is 18.6. The molecule has 4 rings (SSSR count). The van der Waals surface area contributed by atoms with Crippen LogP contribution in [0.15, 0.2) is 82.4 Å². The molecule has 0 atom stereocenters. The van der Waals surface area contributed by atoms with E-state index in [0.29, 0.717) is 21.3 Å². The first-order chi connectivity index (χ1) is 13.2. The van der Waals surface area contributed by atoms with E-state index >= 15 is 0 Å². The Morgan fingerprint density at radius 2 is 1.74 bits per heavy atom. The third-order valence-electron chi connectivity index (χ3n) is 3.93. The number of oxazole rings is 1. The van der Waals surface area contributed by atoms with Gasteiger partial charge in [-0.2, -0.15) is 0 Å². The average Bonchev–Trinajstić information content (AvgIpc) is 3.10. The number of anilines is 1. The van der Waals surface area contributed by atoms with Gasteiger partial charge in [0.1, 0.15) is 5.52 Å². The van der Waals surface area contributed by atoms with Gasteiger partial charge in [0, 0.05) is 10.7 Å². The van der Waals surface area contributed by atoms with Crippen molar-refractivity contribution >= 4 is 46.1 Å². The maximum absolute atomic E-state index is 12.2. The Kier molecular flexibility index (Phi) is 5.14. The van der Waals surface area contributed by atoms with E-state index in [1.165, 1.54) is 11.8 Å². The zero-order valence-corrected chi connectivity index (χ0v) is 15.8. The van der Waals surface area contributed by atoms with E-state index in [-0.39, 0.29) is 11.7 Å². The van der Waals surface area contributed by atoms with Crippen molar-refractivity contribution in [2.24, 2.45) is 0 Å². The van der Waals surface area contributed by atoms with Crippen LogP contribution in [0.2, 0.25) is 5.02 Å². The molecule has 0 bridgehead atoms. The van der Waals surface area contributed by atoms with Crippen LogP contribution in [0, 0.1) is 0 Å². The lowest BCUT2D eigenvalue weighted by molar-refractivity contribution is -0.113. The van der Waals surface area contributed by atoms with Crippen LogP contribution in [-0.4, -0.2) is 16.6 Å². The van der Waals surface area contributed by atoms with Gasteiger partial charge in [-0.15, -0.1) is 0 Å². The van der Waals surface area contributed by atoms with E-state index in [4.69, 9.17) is 16.0 Å². The summed E-state index contributed by atoms with van der Waals surface area (Å²) in [6.07, 6.45) is 0. The number of thioether (sulfide) groups is 1. The number of carbonyl (C=O) groups excluding carboxylic acids is 1. The van der Waals surface area contributed by atoms with E-state index in [2.05, 4.69) is 22.4 Å². The number of nitrogens with zero attached hydrogens (tertiary/aromatic N) is 1. The first-order valence-electron chi connectivity index (χ1n) is 8.32. The fraction of sp³-hybridized carbons (Fsp3) is 0.0476. The van der Waals surface area contributed by atoms with Gasteiger partial charge in [0.2, 0.25) is 5.91 Å². The quantitative estimate of drug-likeness (QED) is 0.429. The molecule has 6 heteroatoms. The van der Waals surface area contributed by atoms with Crippen molar-refractivity contribution in [3.63, 3.8) is 0 Å². The van der Waals surface area contributed by atoms with Crippen molar-refractivity contribution in [3.8, 4) is 11.1 Å². The van der Waals surface area contributed by atoms with Gasteiger partial charge >= 0.3 is 0 Å². The minimum absolute atomic E-state index is 0.118. The van der Waals surface area contributed by atoms with Crippen molar-refractivity contribution in [3.05, 3.63) is 77.8 Å². The minimum atomic E-state index is -0.118. The monoisotopic (exact) mass is 394 g/mol. The number of nitrogens with one attached hydrogen (secondary N) is 1. The minimum Gasteiger partial charge on any atom is -0.431 e. The molecular weight excluding hydrogens is 380 g/mol. The maximum atomic E-state index is 12.2. The number of amides is 1. The fourth-order valence-corrected chi connectivity index (χ4v) is 3.45. The summed E-state index contributed by atoms with van der Waals surface area (Å²) in [7, 11) is 0. The lowest BCUT2D eigenvalue weighted by Crippen LogP contribution is -2.13. The van der Waals surface area contributed by atoms with Crippen molar-refractivity contribution in [1.29, 1.82) is 0 Å². The van der Waals surface area contributed by atoms with Gasteiger partial charge in [0.15, 0.2) is 5.58 Å². The Hall–Kier alpha value is -2.76. The third-order valence-corrected chi connectivity index (χ3v) is 5.00. The predicted octanol–water partition coefficient (Wildman–Crippen LogP) is 5.88. The molecule has 4 aromatic rings. The standard InChI is InChI=1S/C21H15ClN2O2S/c22-16-8-11-19-18(12-16)24-21(26-19)27-13-20(25)23-17-9-6-15(7-10-17)14-4-2-1-3-5-14/h1-12H,13H2,(H,23,25). The molecule has 0 radical (unpaired) electrons. The lowest BCUT2D eigenvalue weighted by atomic mass is 10.1. The van der Waals surface area contributed by atoms with E-state index in [9.17, 15) is 4.79 Å². The van der Waals surface area contributed by atoms with Gasteiger partial charge in [0.25, 0.3) is 5.22 Å². The number of hydrogen-bond donors (Lipinski definition) is 1. The summed E-state index contributed by atoms with van der Waals surface area (Å²) in [4.78, 5) is 16.5. The lowest BCUT2D eigenvalue weighted by Gasteiger charge is -2.06. The normalized spacial score (nSPS) is 10.9. The summed E-state index contributed by atoms with van der Waals surface area (Å²) in [5, 5.41) is 3.93. The molecule has 0 saturated carbocycles. The number of benzene rings is 3. The van der Waals surface area contributed by atoms with Gasteiger partial charge in [-0.05, 0) is 41.5 Å². The summed E-state index contributed by atoms with van der Waals surface area (Å²) >= 11 is 7.19. The fourth-order valence-electron chi connectivity index (χ4n) is 2.64.